The predicted octanol–water partition coefficient (Wildman–Crippen LogP) is 9.76. The van der Waals surface area contributed by atoms with Crippen LogP contribution >= 0.6 is 0 Å². The van der Waals surface area contributed by atoms with Crippen molar-refractivity contribution >= 4 is 51.7 Å². The van der Waals surface area contributed by atoms with Crippen LogP contribution in [0.2, 0.25) is 0 Å². The van der Waals surface area contributed by atoms with Crippen LogP contribution in [0.15, 0.2) is 80.9 Å². The quantitative estimate of drug-likeness (QED) is 0.0653. The smallest absolute Gasteiger partial charge is 0.452 e. The molecule has 2 aromatic heterocycles. The summed E-state index contributed by atoms with van der Waals surface area (Å²) in [7, 11) is 0. The number of fused-ring (bicyclic) bond motifs is 3. The third-order valence-corrected chi connectivity index (χ3v) is 9.49. The molecule has 1 N–H and O–H groups in total. The number of allylic oxidation sites excluding steroid dienone is 2. The van der Waals surface area contributed by atoms with Gasteiger partial charge in [0.1, 0.15) is 28.8 Å². The minimum absolute atomic E-state index is 0. The number of benzene rings is 3. The van der Waals surface area contributed by atoms with E-state index in [2.05, 4.69) is 31.9 Å². The van der Waals surface area contributed by atoms with E-state index in [4.69, 9.17) is 4.42 Å². The van der Waals surface area contributed by atoms with E-state index >= 15 is 4.39 Å². The molecule has 51 heavy (non-hydrogen) atoms. The summed E-state index contributed by atoms with van der Waals surface area (Å²) in [5, 5.41) is 10.3. The van der Waals surface area contributed by atoms with Crippen LogP contribution < -0.4 is 5.46 Å². The monoisotopic (exact) mass is 864 g/mol. The third kappa shape index (κ3) is 8.45. The summed E-state index contributed by atoms with van der Waals surface area (Å²) in [5.41, 5.74) is 8.61. The first-order chi connectivity index (χ1) is 24.0. The van der Waals surface area contributed by atoms with Crippen molar-refractivity contribution < 1.29 is 38.8 Å². The van der Waals surface area contributed by atoms with Gasteiger partial charge in [-0.25, -0.2) is 9.37 Å². The first kappa shape index (κ1) is 39.5. The molecule has 7 nitrogen and oxygen atoms in total. The predicted molar refractivity (Wildman–Crippen MR) is 204 cm³/mol. The van der Waals surface area contributed by atoms with Crippen molar-refractivity contribution in [1.29, 1.82) is 0 Å². The number of carbonyl (C=O) groups excluding carboxylic acids is 1. The normalized spacial score (nSPS) is 13.0. The largest absolute Gasteiger partial charge is 0.512 e. The van der Waals surface area contributed by atoms with Gasteiger partial charge in [-0.05, 0) is 51.2 Å². The van der Waals surface area contributed by atoms with Crippen LogP contribution in [0.3, 0.4) is 0 Å². The first-order valence-corrected chi connectivity index (χ1v) is 17.5. The standard InChI is InChI=1S/C28H21BFN4O.C13H24O2.Ir/c1-15-10-16(2)12-20(11-15)25-28-26(32-14-31-25)21-13-22(30)24(29-33-17(3)18(4)34-29)23(27(21)35-28)19-8-6-5-7-9-19;1-5-10(6-2)12(14)9-13(15)11(7-3)8-4;/h5-11,13-14H,1-4H3;9-11,14H,5-8H2,1-4H3;/q-1;;/b;12-9-;. The number of halogens is 1. The Morgan fingerprint density at radius 1 is 0.902 bits per heavy atom. The topological polar surface area (TPSA) is 101 Å². The molecule has 3 heterocycles. The number of aliphatic hydroxyl groups excluding tert-OH is 1. The van der Waals surface area contributed by atoms with Gasteiger partial charge < -0.3 is 19.3 Å². The van der Waals surface area contributed by atoms with Crippen molar-refractivity contribution in [1.82, 2.24) is 9.97 Å². The van der Waals surface area contributed by atoms with E-state index in [1.54, 1.807) is 0 Å². The van der Waals surface area contributed by atoms with Gasteiger partial charge in [-0.15, -0.1) is 34.9 Å². The maximum Gasteiger partial charge on any atom is 0.452 e. The van der Waals surface area contributed by atoms with Crippen LogP contribution in [0.1, 0.15) is 78.4 Å². The molecule has 10 heteroatoms. The summed E-state index contributed by atoms with van der Waals surface area (Å²) in [6.07, 6.45) is 6.40. The number of aryl methyl sites for hydroxylation is 2. The van der Waals surface area contributed by atoms with Crippen LogP contribution in [-0.4, -0.2) is 39.3 Å². The number of ketones is 1. The molecule has 0 bridgehead atoms. The number of aliphatic hydroxyl groups is 1. The molecule has 5 aromatic rings. The zero-order chi connectivity index (χ0) is 36.1. The average molecular weight is 864 g/mol. The maximum atomic E-state index is 15.9. The summed E-state index contributed by atoms with van der Waals surface area (Å²) >= 11 is 0. The Morgan fingerprint density at radius 3 is 2.12 bits per heavy atom. The Hall–Kier alpha value is -4.27. The van der Waals surface area contributed by atoms with E-state index in [0.717, 1.165) is 59.4 Å². The van der Waals surface area contributed by atoms with Gasteiger partial charge in [0.05, 0.1) is 5.76 Å². The fourth-order valence-electron chi connectivity index (χ4n) is 6.54. The Morgan fingerprint density at radius 2 is 1.53 bits per heavy atom. The number of furan rings is 1. The molecule has 6 rings (SSSR count). The molecular formula is C41H45BFIrN4O3-. The number of nitrogens with zero attached hydrogens (tertiary/aromatic N) is 4. The second kappa shape index (κ2) is 17.3. The van der Waals surface area contributed by atoms with E-state index in [-0.39, 0.29) is 43.5 Å². The van der Waals surface area contributed by atoms with E-state index in [0.29, 0.717) is 38.8 Å². The Bertz CT molecular complexity index is 2080. The molecule has 3 aromatic carbocycles. The molecule has 0 saturated heterocycles. The van der Waals surface area contributed by atoms with Gasteiger partial charge in [-0.3, -0.25) is 9.78 Å². The molecule has 0 spiro atoms. The zero-order valence-electron chi connectivity index (χ0n) is 30.6. The molecule has 0 saturated carbocycles. The molecule has 0 amide bonds. The Balaban J connectivity index is 0.000000312. The van der Waals surface area contributed by atoms with Gasteiger partial charge in [-0.2, -0.15) is 0 Å². The zero-order valence-corrected chi connectivity index (χ0v) is 33.0. The van der Waals surface area contributed by atoms with E-state index in [9.17, 15) is 9.90 Å². The van der Waals surface area contributed by atoms with Crippen molar-refractivity contribution in [2.24, 2.45) is 21.6 Å². The summed E-state index contributed by atoms with van der Waals surface area (Å²) in [6.45, 7) is 15.2. The van der Waals surface area contributed by atoms with Gasteiger partial charge >= 0.3 is 6.98 Å². The molecule has 0 unspecified atom stereocenters. The van der Waals surface area contributed by atoms with Crippen molar-refractivity contribution in [3.05, 3.63) is 89.7 Å². The van der Waals surface area contributed by atoms with Gasteiger partial charge in [0.2, 0.25) is 0 Å². The van der Waals surface area contributed by atoms with Crippen LogP contribution in [-0.2, 0) is 24.9 Å². The minimum atomic E-state index is -0.666. The number of aromatic nitrogens is 2. The van der Waals surface area contributed by atoms with Crippen molar-refractivity contribution in [3.63, 3.8) is 0 Å². The third-order valence-electron chi connectivity index (χ3n) is 9.49. The number of hydrogen-bond acceptors (Lipinski definition) is 7. The molecular weight excluding hydrogens is 819 g/mol. The summed E-state index contributed by atoms with van der Waals surface area (Å²) < 4.78 is 22.4. The SMILES string of the molecule is CC1=NB(c2c(F)cc3c(oc4c(-c5[c-]c(C)cc(C)c5)ncnc43)c2-c2ccccc2)N=C1C.CCC(CC)C(=O)/C=C(\O)C(CC)CC.[Ir]. The summed E-state index contributed by atoms with van der Waals surface area (Å²) in [5.74, 6) is 0.156. The maximum absolute atomic E-state index is 15.9. The number of rotatable bonds is 10. The minimum Gasteiger partial charge on any atom is -0.512 e. The van der Waals surface area contributed by atoms with E-state index < -0.39 is 12.8 Å². The van der Waals surface area contributed by atoms with Crippen molar-refractivity contribution in [2.45, 2.75) is 81.1 Å². The molecule has 1 aliphatic heterocycles. The first-order valence-electron chi connectivity index (χ1n) is 17.5. The van der Waals surface area contributed by atoms with Gasteiger partial charge in [-0.1, -0.05) is 71.9 Å². The summed E-state index contributed by atoms with van der Waals surface area (Å²) in [6, 6.07) is 18.6. The second-order valence-corrected chi connectivity index (χ2v) is 12.9. The fourth-order valence-corrected chi connectivity index (χ4v) is 6.54. The number of hydrogen-bond donors (Lipinski definition) is 1. The van der Waals surface area contributed by atoms with Crippen LogP contribution in [0, 0.1) is 37.6 Å². The Kier molecular flexibility index (Phi) is 13.4. The van der Waals surface area contributed by atoms with Crippen LogP contribution in [0.5, 0.6) is 0 Å². The van der Waals surface area contributed by atoms with Gasteiger partial charge in [0.15, 0.2) is 5.78 Å². The van der Waals surface area contributed by atoms with Gasteiger partial charge in [0, 0.05) is 71.5 Å². The summed E-state index contributed by atoms with van der Waals surface area (Å²) in [4.78, 5) is 30.0. The van der Waals surface area contributed by atoms with E-state index in [1.165, 1.54) is 18.5 Å². The van der Waals surface area contributed by atoms with Crippen LogP contribution in [0.25, 0.3) is 44.5 Å². The molecule has 0 atom stereocenters. The second-order valence-electron chi connectivity index (χ2n) is 12.9. The molecule has 0 aliphatic carbocycles. The molecule has 1 aliphatic rings. The van der Waals surface area contributed by atoms with E-state index in [1.807, 2.05) is 91.8 Å². The Labute approximate surface area is 314 Å². The molecule has 0 fully saturated rings. The van der Waals surface area contributed by atoms with Crippen LogP contribution in [0.4, 0.5) is 4.39 Å². The molecule has 267 valence electrons. The fraction of sp³-hybridized carbons (Fsp3) is 0.341. The van der Waals surface area contributed by atoms with Crippen molar-refractivity contribution in [2.75, 3.05) is 0 Å². The van der Waals surface area contributed by atoms with Crippen molar-refractivity contribution in [3.8, 4) is 22.4 Å². The number of carbonyl (C=O) groups is 1. The van der Waals surface area contributed by atoms with Gasteiger partial charge in [0.25, 0.3) is 0 Å². The average Bonchev–Trinajstić information content (AvgIpc) is 3.63. The molecule has 1 radical (unpaired) electrons.